The van der Waals surface area contributed by atoms with Gasteiger partial charge in [-0.25, -0.2) is 8.78 Å². The molecule has 0 heterocycles. The highest BCUT2D eigenvalue weighted by Crippen LogP contribution is 2.28. The minimum atomic E-state index is -2.44. The second kappa shape index (κ2) is 7.66. The van der Waals surface area contributed by atoms with Crippen LogP contribution in [0.2, 0.25) is 0 Å². The van der Waals surface area contributed by atoms with Crippen molar-refractivity contribution in [1.82, 2.24) is 0 Å². The fourth-order valence-corrected chi connectivity index (χ4v) is 1.91. The van der Waals surface area contributed by atoms with E-state index in [0.717, 1.165) is 10.0 Å². The quantitative estimate of drug-likeness (QED) is 0.784. The smallest absolute Gasteiger partial charge is 0.261 e. The highest BCUT2D eigenvalue weighted by atomic mass is 79.9. The van der Waals surface area contributed by atoms with Crippen molar-refractivity contribution in [3.63, 3.8) is 0 Å². The fourth-order valence-electron chi connectivity index (χ4n) is 1.53. The van der Waals surface area contributed by atoms with Gasteiger partial charge in [0, 0.05) is 22.7 Å². The number of halogens is 3. The third kappa shape index (κ3) is 4.88. The first-order valence-electron chi connectivity index (χ1n) is 5.49. The van der Waals surface area contributed by atoms with E-state index < -0.39 is 13.0 Å². The van der Waals surface area contributed by atoms with E-state index in [4.69, 9.17) is 15.2 Å². The lowest BCUT2D eigenvalue weighted by atomic mass is 10.0. The van der Waals surface area contributed by atoms with E-state index in [0.29, 0.717) is 12.2 Å². The van der Waals surface area contributed by atoms with Gasteiger partial charge in [-0.3, -0.25) is 0 Å². The van der Waals surface area contributed by atoms with Gasteiger partial charge < -0.3 is 15.2 Å². The summed E-state index contributed by atoms with van der Waals surface area (Å²) < 4.78 is 34.6. The molecule has 0 saturated heterocycles. The Morgan fingerprint density at radius 2 is 2.11 bits per heavy atom. The van der Waals surface area contributed by atoms with Crippen LogP contribution < -0.4 is 10.5 Å². The van der Waals surface area contributed by atoms with Crippen LogP contribution >= 0.6 is 15.9 Å². The molecular formula is C12H16BrF2NO2. The molecule has 3 nitrogen and oxygen atoms in total. The number of hydrogen-bond acceptors (Lipinski definition) is 3. The third-order valence-electron chi connectivity index (χ3n) is 2.41. The second-order valence-electron chi connectivity index (χ2n) is 3.75. The van der Waals surface area contributed by atoms with Gasteiger partial charge >= 0.3 is 0 Å². The molecule has 0 aliphatic carbocycles. The van der Waals surface area contributed by atoms with E-state index in [1.54, 1.807) is 13.2 Å². The summed E-state index contributed by atoms with van der Waals surface area (Å²) in [6.07, 6.45) is -1.99. The summed E-state index contributed by atoms with van der Waals surface area (Å²) in [4.78, 5) is 0. The summed E-state index contributed by atoms with van der Waals surface area (Å²) in [5, 5.41) is 0. The van der Waals surface area contributed by atoms with Crippen LogP contribution in [0.25, 0.3) is 0 Å². The van der Waals surface area contributed by atoms with E-state index >= 15 is 0 Å². The molecule has 1 aromatic carbocycles. The van der Waals surface area contributed by atoms with Crippen LogP contribution in [-0.4, -0.2) is 26.7 Å². The number of nitrogens with two attached hydrogens (primary N) is 1. The van der Waals surface area contributed by atoms with Crippen molar-refractivity contribution in [2.75, 3.05) is 20.3 Å². The lowest BCUT2D eigenvalue weighted by Gasteiger charge is -2.16. The van der Waals surface area contributed by atoms with E-state index in [9.17, 15) is 8.78 Å². The van der Waals surface area contributed by atoms with Gasteiger partial charge in [-0.1, -0.05) is 15.9 Å². The number of hydrogen-bond donors (Lipinski definition) is 1. The Labute approximate surface area is 113 Å². The summed E-state index contributed by atoms with van der Waals surface area (Å²) >= 11 is 3.35. The largest absolute Gasteiger partial charge is 0.496 e. The zero-order valence-corrected chi connectivity index (χ0v) is 11.6. The van der Waals surface area contributed by atoms with E-state index in [2.05, 4.69) is 15.9 Å². The first kappa shape index (κ1) is 15.3. The van der Waals surface area contributed by atoms with Gasteiger partial charge in [0.05, 0.1) is 7.11 Å². The fraction of sp³-hybridized carbons (Fsp3) is 0.500. The van der Waals surface area contributed by atoms with Gasteiger partial charge in [-0.15, -0.1) is 0 Å². The predicted octanol–water partition coefficient (Wildman–Crippen LogP) is 3.13. The zero-order valence-electron chi connectivity index (χ0n) is 10.0. The summed E-state index contributed by atoms with van der Waals surface area (Å²) in [6.45, 7) is -0.358. The first-order chi connectivity index (χ1) is 8.54. The average Bonchev–Trinajstić information content (AvgIpc) is 2.34. The maximum absolute atomic E-state index is 11.9. The van der Waals surface area contributed by atoms with Crippen molar-refractivity contribution in [2.24, 2.45) is 5.73 Å². The van der Waals surface area contributed by atoms with Crippen LogP contribution in [0.15, 0.2) is 22.7 Å². The highest BCUT2D eigenvalue weighted by Gasteiger charge is 2.13. The Hall–Kier alpha value is -0.720. The Morgan fingerprint density at radius 3 is 2.72 bits per heavy atom. The summed E-state index contributed by atoms with van der Waals surface area (Å²) in [5.74, 6) is 0.680. The van der Waals surface area contributed by atoms with E-state index in [1.165, 1.54) is 0 Å². The molecule has 0 aliphatic heterocycles. The van der Waals surface area contributed by atoms with Crippen LogP contribution in [0.4, 0.5) is 8.78 Å². The number of benzene rings is 1. The molecule has 0 amide bonds. The molecule has 1 atom stereocenters. The molecule has 0 spiro atoms. The maximum Gasteiger partial charge on any atom is 0.261 e. The molecule has 1 aromatic rings. The maximum atomic E-state index is 11.9. The van der Waals surface area contributed by atoms with Crippen molar-refractivity contribution >= 4 is 15.9 Å². The molecule has 0 radical (unpaired) electrons. The molecule has 1 unspecified atom stereocenters. The first-order valence-corrected chi connectivity index (χ1v) is 6.28. The van der Waals surface area contributed by atoms with Crippen LogP contribution in [0.5, 0.6) is 5.75 Å². The van der Waals surface area contributed by atoms with Crippen molar-refractivity contribution in [2.45, 2.75) is 18.9 Å². The lowest BCUT2D eigenvalue weighted by molar-refractivity contribution is 0.0152. The van der Waals surface area contributed by atoms with Crippen molar-refractivity contribution in [3.8, 4) is 5.75 Å². The molecule has 18 heavy (non-hydrogen) atoms. The van der Waals surface area contributed by atoms with Gasteiger partial charge in [0.1, 0.15) is 12.4 Å². The Morgan fingerprint density at radius 1 is 1.39 bits per heavy atom. The van der Waals surface area contributed by atoms with Gasteiger partial charge in [0.2, 0.25) is 0 Å². The zero-order chi connectivity index (χ0) is 13.5. The topological polar surface area (TPSA) is 44.5 Å². The van der Waals surface area contributed by atoms with E-state index in [-0.39, 0.29) is 12.6 Å². The number of rotatable bonds is 7. The Bertz CT molecular complexity index is 377. The molecule has 0 aliphatic rings. The highest BCUT2D eigenvalue weighted by molar-refractivity contribution is 9.10. The Kier molecular flexibility index (Phi) is 6.52. The molecule has 0 bridgehead atoms. The van der Waals surface area contributed by atoms with Crippen LogP contribution in [-0.2, 0) is 4.74 Å². The standard InChI is InChI=1S/C12H16BrF2NO2/c1-17-11-3-2-8(13)6-9(11)10(16)4-5-18-7-12(14)15/h2-3,6,10,12H,4-5,7,16H2,1H3. The van der Waals surface area contributed by atoms with E-state index in [1.807, 2.05) is 12.1 Å². The molecule has 102 valence electrons. The second-order valence-corrected chi connectivity index (χ2v) is 4.66. The summed E-state index contributed by atoms with van der Waals surface area (Å²) in [7, 11) is 1.56. The molecule has 1 rings (SSSR count). The SMILES string of the molecule is COc1ccc(Br)cc1C(N)CCOCC(F)F. The normalized spacial score (nSPS) is 12.8. The molecule has 0 saturated carbocycles. The number of alkyl halides is 2. The minimum absolute atomic E-state index is 0.196. The predicted molar refractivity (Wildman–Crippen MR) is 69.1 cm³/mol. The minimum Gasteiger partial charge on any atom is -0.496 e. The molecule has 0 aromatic heterocycles. The summed E-state index contributed by atoms with van der Waals surface area (Å²) in [5.41, 5.74) is 6.82. The monoisotopic (exact) mass is 323 g/mol. The van der Waals surface area contributed by atoms with Gasteiger partial charge in [-0.2, -0.15) is 0 Å². The molecule has 0 fully saturated rings. The number of methoxy groups -OCH3 is 1. The van der Waals surface area contributed by atoms with Gasteiger partial charge in [0.15, 0.2) is 0 Å². The third-order valence-corrected chi connectivity index (χ3v) is 2.90. The molecular weight excluding hydrogens is 308 g/mol. The van der Waals surface area contributed by atoms with Crippen LogP contribution in [0.1, 0.15) is 18.0 Å². The van der Waals surface area contributed by atoms with Crippen LogP contribution in [0, 0.1) is 0 Å². The van der Waals surface area contributed by atoms with Crippen molar-refractivity contribution in [3.05, 3.63) is 28.2 Å². The molecule has 2 N–H and O–H groups in total. The average molecular weight is 324 g/mol. The van der Waals surface area contributed by atoms with Crippen molar-refractivity contribution < 1.29 is 18.3 Å². The van der Waals surface area contributed by atoms with Crippen LogP contribution in [0.3, 0.4) is 0 Å². The summed E-state index contributed by atoms with van der Waals surface area (Å²) in [6, 6.07) is 5.20. The Balaban J connectivity index is 2.55. The van der Waals surface area contributed by atoms with Gasteiger partial charge in [-0.05, 0) is 24.6 Å². The lowest BCUT2D eigenvalue weighted by Crippen LogP contribution is -2.15. The van der Waals surface area contributed by atoms with Crippen molar-refractivity contribution in [1.29, 1.82) is 0 Å². The van der Waals surface area contributed by atoms with Gasteiger partial charge in [0.25, 0.3) is 6.43 Å². The number of ether oxygens (including phenoxy) is 2. The molecule has 6 heteroatoms.